The minimum absolute atomic E-state index is 0.896. The number of nitrogens with zero attached hydrogens (tertiary/aromatic N) is 1. The zero-order valence-corrected chi connectivity index (χ0v) is 30.6. The number of anilines is 3. The molecule has 11 aromatic rings. The normalized spacial score (nSPS) is 11.6. The highest BCUT2D eigenvalue weighted by Gasteiger charge is 2.19. The quantitative estimate of drug-likeness (QED) is 0.170. The summed E-state index contributed by atoms with van der Waals surface area (Å²) in [6.07, 6.45) is 0. The number of fused-ring (bicyclic) bond motifs is 7. The molecule has 0 atom stereocenters. The number of rotatable bonds is 6. The van der Waals surface area contributed by atoms with Crippen molar-refractivity contribution in [1.82, 2.24) is 0 Å². The van der Waals surface area contributed by atoms with Crippen LogP contribution in [0, 0.1) is 0 Å². The fourth-order valence-electron chi connectivity index (χ4n) is 8.25. The lowest BCUT2D eigenvalue weighted by atomic mass is 9.96. The first-order valence-electron chi connectivity index (χ1n) is 18.7. The topological polar surface area (TPSA) is 16.4 Å². The maximum atomic E-state index is 6.49. The van der Waals surface area contributed by atoms with Gasteiger partial charge in [-0.2, -0.15) is 0 Å². The highest BCUT2D eigenvalue weighted by Crippen LogP contribution is 2.45. The maximum absolute atomic E-state index is 6.49. The van der Waals surface area contributed by atoms with E-state index < -0.39 is 0 Å². The number of hydrogen-bond acceptors (Lipinski definition) is 3. The van der Waals surface area contributed by atoms with Crippen LogP contribution in [0.15, 0.2) is 205 Å². The Balaban J connectivity index is 1.05. The van der Waals surface area contributed by atoms with E-state index in [1.54, 1.807) is 0 Å². The lowest BCUT2D eigenvalue weighted by Crippen LogP contribution is -2.10. The number of hydrogen-bond donors (Lipinski definition) is 0. The van der Waals surface area contributed by atoms with E-state index in [2.05, 4.69) is 199 Å². The van der Waals surface area contributed by atoms with Crippen LogP contribution in [0.4, 0.5) is 17.1 Å². The molecule has 9 aromatic carbocycles. The molecule has 2 aromatic heterocycles. The molecule has 0 N–H and O–H groups in total. The van der Waals surface area contributed by atoms with Crippen LogP contribution in [-0.2, 0) is 0 Å². The zero-order chi connectivity index (χ0) is 36.3. The summed E-state index contributed by atoms with van der Waals surface area (Å²) >= 11 is 1.85. The fourth-order valence-corrected chi connectivity index (χ4v) is 9.39. The van der Waals surface area contributed by atoms with Crippen LogP contribution in [0.5, 0.6) is 0 Å². The summed E-state index contributed by atoms with van der Waals surface area (Å²) in [4.78, 5) is 2.42. The van der Waals surface area contributed by atoms with Gasteiger partial charge < -0.3 is 9.32 Å². The van der Waals surface area contributed by atoms with Gasteiger partial charge in [-0.3, -0.25) is 0 Å². The van der Waals surface area contributed by atoms with Gasteiger partial charge in [0.2, 0.25) is 0 Å². The van der Waals surface area contributed by atoms with Crippen molar-refractivity contribution in [3.8, 4) is 33.4 Å². The summed E-state index contributed by atoms with van der Waals surface area (Å²) < 4.78 is 9.08. The highest BCUT2D eigenvalue weighted by molar-refractivity contribution is 7.25. The summed E-state index contributed by atoms with van der Waals surface area (Å²) in [7, 11) is 0. The number of benzene rings is 9. The standard InChI is InChI=1S/C52H33NOS/c1-3-12-35(13-4-1)40-29-30-48(43-17-8-7-16-42(40)43)53(39-27-28-45-44-18-9-10-21-50(44)55-51(45)33-39)38-25-22-34(23-26-38)37-24-31-49-47(32-37)46-20-11-19-41(52(46)54-49)36-14-5-2-6-15-36/h1-33H. The molecule has 0 saturated carbocycles. The highest BCUT2D eigenvalue weighted by atomic mass is 32.1. The summed E-state index contributed by atoms with van der Waals surface area (Å²) in [5.41, 5.74) is 12.2. The van der Waals surface area contributed by atoms with Gasteiger partial charge in [-0.1, -0.05) is 152 Å². The van der Waals surface area contributed by atoms with E-state index in [1.165, 1.54) is 42.1 Å². The number of para-hydroxylation sites is 1. The summed E-state index contributed by atoms with van der Waals surface area (Å²) in [5.74, 6) is 0. The lowest BCUT2D eigenvalue weighted by Gasteiger charge is -2.28. The average molecular weight is 720 g/mol. The second kappa shape index (κ2) is 12.9. The van der Waals surface area contributed by atoms with Crippen molar-refractivity contribution in [3.63, 3.8) is 0 Å². The largest absolute Gasteiger partial charge is 0.455 e. The average Bonchev–Trinajstić information content (AvgIpc) is 3.82. The predicted octanol–water partition coefficient (Wildman–Crippen LogP) is 15.6. The molecule has 0 fully saturated rings. The van der Waals surface area contributed by atoms with Crippen molar-refractivity contribution in [2.75, 3.05) is 4.90 Å². The molecule has 55 heavy (non-hydrogen) atoms. The van der Waals surface area contributed by atoms with Crippen LogP contribution in [-0.4, -0.2) is 0 Å². The van der Waals surface area contributed by atoms with E-state index in [4.69, 9.17) is 4.42 Å². The van der Waals surface area contributed by atoms with Gasteiger partial charge in [0.05, 0.1) is 5.69 Å². The summed E-state index contributed by atoms with van der Waals surface area (Å²) in [6.45, 7) is 0. The van der Waals surface area contributed by atoms with E-state index in [1.807, 2.05) is 17.4 Å². The number of thiophene rings is 1. The van der Waals surface area contributed by atoms with Gasteiger partial charge in [0, 0.05) is 53.3 Å². The predicted molar refractivity (Wildman–Crippen MR) is 235 cm³/mol. The van der Waals surface area contributed by atoms with Crippen LogP contribution in [0.1, 0.15) is 0 Å². The molecule has 0 aliphatic rings. The Kier molecular flexibility index (Phi) is 7.39. The van der Waals surface area contributed by atoms with Gasteiger partial charge in [0.25, 0.3) is 0 Å². The first-order chi connectivity index (χ1) is 27.3. The third-order valence-corrected chi connectivity index (χ3v) is 12.0. The molecule has 0 aliphatic heterocycles. The van der Waals surface area contributed by atoms with Gasteiger partial charge in [0.1, 0.15) is 11.2 Å². The van der Waals surface area contributed by atoms with Crippen LogP contribution < -0.4 is 4.90 Å². The van der Waals surface area contributed by atoms with Gasteiger partial charge in [-0.05, 0) is 81.7 Å². The maximum Gasteiger partial charge on any atom is 0.143 e. The molecule has 0 bridgehead atoms. The van der Waals surface area contributed by atoms with Crippen molar-refractivity contribution in [2.45, 2.75) is 0 Å². The summed E-state index contributed by atoms with van der Waals surface area (Å²) in [5, 5.41) is 7.28. The molecule has 0 unspecified atom stereocenters. The zero-order valence-electron chi connectivity index (χ0n) is 29.8. The molecule has 2 nitrogen and oxygen atoms in total. The molecule has 0 spiro atoms. The number of furan rings is 1. The van der Waals surface area contributed by atoms with E-state index >= 15 is 0 Å². The third kappa shape index (κ3) is 5.32. The lowest BCUT2D eigenvalue weighted by molar-refractivity contribution is 0.670. The Hall–Kier alpha value is -6.94. The molecule has 11 rings (SSSR count). The third-order valence-electron chi connectivity index (χ3n) is 10.9. The van der Waals surface area contributed by atoms with Crippen LogP contribution >= 0.6 is 11.3 Å². The van der Waals surface area contributed by atoms with Gasteiger partial charge >= 0.3 is 0 Å². The van der Waals surface area contributed by atoms with Crippen LogP contribution in [0.25, 0.3) is 86.3 Å². The van der Waals surface area contributed by atoms with Crippen LogP contribution in [0.2, 0.25) is 0 Å². The Morgan fingerprint density at radius 1 is 0.345 bits per heavy atom. The van der Waals surface area contributed by atoms with Crippen molar-refractivity contribution in [2.24, 2.45) is 0 Å². The molecule has 2 heterocycles. The SMILES string of the molecule is c1ccc(-c2ccc(N(c3ccc(-c4ccc5oc6c(-c7ccccc7)cccc6c5c4)cc3)c3ccc4c(c3)sc3ccccc34)c3ccccc23)cc1. The van der Waals surface area contributed by atoms with Crippen LogP contribution in [0.3, 0.4) is 0 Å². The molecule has 0 saturated heterocycles. The van der Waals surface area contributed by atoms with Crippen molar-refractivity contribution < 1.29 is 4.42 Å². The molecule has 0 amide bonds. The van der Waals surface area contributed by atoms with E-state index in [-0.39, 0.29) is 0 Å². The Labute approximate surface area is 322 Å². The van der Waals surface area contributed by atoms with Crippen molar-refractivity contribution >= 4 is 81.3 Å². The van der Waals surface area contributed by atoms with E-state index in [9.17, 15) is 0 Å². The van der Waals surface area contributed by atoms with Gasteiger partial charge in [-0.25, -0.2) is 0 Å². The molecule has 0 radical (unpaired) electrons. The van der Waals surface area contributed by atoms with E-state index in [0.717, 1.165) is 61.3 Å². The van der Waals surface area contributed by atoms with E-state index in [0.29, 0.717) is 0 Å². The Morgan fingerprint density at radius 2 is 0.982 bits per heavy atom. The smallest absolute Gasteiger partial charge is 0.143 e. The summed E-state index contributed by atoms with van der Waals surface area (Å²) in [6, 6.07) is 72.1. The molecule has 3 heteroatoms. The minimum atomic E-state index is 0.896. The fraction of sp³-hybridized carbons (Fsp3) is 0. The molecular formula is C52H33NOS. The molecular weight excluding hydrogens is 687 g/mol. The second-order valence-corrected chi connectivity index (χ2v) is 15.1. The second-order valence-electron chi connectivity index (χ2n) is 14.1. The van der Waals surface area contributed by atoms with Crippen molar-refractivity contribution in [3.05, 3.63) is 200 Å². The first-order valence-corrected chi connectivity index (χ1v) is 19.5. The minimum Gasteiger partial charge on any atom is -0.455 e. The van der Waals surface area contributed by atoms with Gasteiger partial charge in [0.15, 0.2) is 0 Å². The van der Waals surface area contributed by atoms with Gasteiger partial charge in [-0.15, -0.1) is 11.3 Å². The van der Waals surface area contributed by atoms with Crippen molar-refractivity contribution in [1.29, 1.82) is 0 Å². The Morgan fingerprint density at radius 3 is 1.78 bits per heavy atom. The first kappa shape index (κ1) is 31.6. The molecule has 258 valence electrons. The Bertz CT molecular complexity index is 3190. The monoisotopic (exact) mass is 719 g/mol. The molecule has 0 aliphatic carbocycles.